The third kappa shape index (κ3) is 3.49. The van der Waals surface area contributed by atoms with Gasteiger partial charge in [-0.1, -0.05) is 23.2 Å². The normalized spacial score (nSPS) is 11.3. The van der Waals surface area contributed by atoms with E-state index < -0.39 is 10.0 Å². The summed E-state index contributed by atoms with van der Waals surface area (Å²) in [6.07, 6.45) is 0. The van der Waals surface area contributed by atoms with E-state index >= 15 is 0 Å². The minimum atomic E-state index is -3.72. The van der Waals surface area contributed by atoms with Crippen LogP contribution in [0.5, 0.6) is 0 Å². The van der Waals surface area contributed by atoms with Crippen molar-refractivity contribution in [3.63, 3.8) is 0 Å². The Kier molecular flexibility index (Phi) is 4.68. The molecule has 8 heteroatoms. The monoisotopic (exact) mass is 442 g/mol. The van der Waals surface area contributed by atoms with E-state index in [-0.39, 0.29) is 10.6 Å². The number of sulfonamides is 1. The molecule has 0 aliphatic rings. The van der Waals surface area contributed by atoms with Crippen molar-refractivity contribution in [2.75, 3.05) is 10.5 Å². The average molecular weight is 443 g/mol. The second-order valence-electron chi connectivity index (χ2n) is 3.91. The van der Waals surface area contributed by atoms with Crippen LogP contribution >= 0.6 is 45.8 Å². The zero-order valence-electron chi connectivity index (χ0n) is 9.90. The summed E-state index contributed by atoms with van der Waals surface area (Å²) >= 11 is 13.6. The Morgan fingerprint density at radius 2 is 1.80 bits per heavy atom. The maximum absolute atomic E-state index is 12.3. The number of anilines is 2. The first-order chi connectivity index (χ1) is 9.29. The minimum Gasteiger partial charge on any atom is -0.397 e. The second-order valence-corrected chi connectivity index (χ2v) is 7.60. The summed E-state index contributed by atoms with van der Waals surface area (Å²) in [6.45, 7) is 0. The summed E-state index contributed by atoms with van der Waals surface area (Å²) in [6, 6.07) is 9.02. The number of hydrogen-bond acceptors (Lipinski definition) is 3. The van der Waals surface area contributed by atoms with Crippen molar-refractivity contribution in [2.45, 2.75) is 4.90 Å². The molecule has 0 amide bonds. The largest absolute Gasteiger partial charge is 0.397 e. The molecule has 4 nitrogen and oxygen atoms in total. The highest BCUT2D eigenvalue weighted by Crippen LogP contribution is 2.27. The standard InChI is InChI=1S/C12H9Cl2IN2O2S/c13-7-1-4-12(10(15)5-7)17-20(18,19)8-2-3-9(14)11(16)6-8/h1-6,17H,16H2. The lowest BCUT2D eigenvalue weighted by molar-refractivity contribution is 0.601. The van der Waals surface area contributed by atoms with Crippen LogP contribution in [-0.2, 0) is 10.0 Å². The predicted octanol–water partition coefficient (Wildman–Crippen LogP) is 3.98. The van der Waals surface area contributed by atoms with Gasteiger partial charge in [-0.2, -0.15) is 0 Å². The molecule has 2 rings (SSSR count). The van der Waals surface area contributed by atoms with Gasteiger partial charge in [0, 0.05) is 8.59 Å². The number of rotatable bonds is 3. The maximum Gasteiger partial charge on any atom is 0.262 e. The van der Waals surface area contributed by atoms with E-state index in [1.165, 1.54) is 18.2 Å². The Morgan fingerprint density at radius 3 is 2.40 bits per heavy atom. The van der Waals surface area contributed by atoms with Crippen LogP contribution in [0.3, 0.4) is 0 Å². The van der Waals surface area contributed by atoms with Crippen LogP contribution in [0.2, 0.25) is 10.0 Å². The van der Waals surface area contributed by atoms with E-state index in [0.717, 1.165) is 0 Å². The highest BCUT2D eigenvalue weighted by atomic mass is 127. The molecule has 0 spiro atoms. The first kappa shape index (κ1) is 15.7. The first-order valence-electron chi connectivity index (χ1n) is 5.32. The molecule has 0 atom stereocenters. The van der Waals surface area contributed by atoms with Gasteiger partial charge in [0.1, 0.15) is 0 Å². The summed E-state index contributed by atoms with van der Waals surface area (Å²) in [4.78, 5) is 0.0464. The van der Waals surface area contributed by atoms with Crippen LogP contribution in [0.25, 0.3) is 0 Å². The first-order valence-corrected chi connectivity index (χ1v) is 8.64. The molecule has 0 bridgehead atoms. The third-order valence-corrected chi connectivity index (χ3v) is 5.29. The molecule has 0 heterocycles. The zero-order chi connectivity index (χ0) is 14.9. The zero-order valence-corrected chi connectivity index (χ0v) is 14.4. The Morgan fingerprint density at radius 1 is 1.10 bits per heavy atom. The Balaban J connectivity index is 2.38. The van der Waals surface area contributed by atoms with Crippen LogP contribution in [0.1, 0.15) is 0 Å². The molecule has 0 aromatic heterocycles. The van der Waals surface area contributed by atoms with Gasteiger partial charge in [-0.3, -0.25) is 4.72 Å². The Hall–Kier alpha value is -0.700. The van der Waals surface area contributed by atoms with Crippen LogP contribution in [0, 0.1) is 3.57 Å². The van der Waals surface area contributed by atoms with E-state index in [9.17, 15) is 8.42 Å². The number of halogens is 3. The van der Waals surface area contributed by atoms with Gasteiger partial charge in [-0.05, 0) is 59.0 Å². The van der Waals surface area contributed by atoms with E-state index in [4.69, 9.17) is 28.9 Å². The van der Waals surface area contributed by atoms with Crippen LogP contribution < -0.4 is 10.5 Å². The fourth-order valence-corrected chi connectivity index (χ4v) is 3.89. The van der Waals surface area contributed by atoms with Crippen molar-refractivity contribution >= 4 is 67.2 Å². The Labute approximate surface area is 140 Å². The number of nitrogen functional groups attached to an aromatic ring is 1. The molecular weight excluding hydrogens is 434 g/mol. The molecule has 0 fully saturated rings. The molecular formula is C12H9Cl2IN2O2S. The molecule has 0 aliphatic heterocycles. The summed E-state index contributed by atoms with van der Waals surface area (Å²) in [5.41, 5.74) is 6.27. The van der Waals surface area contributed by atoms with Crippen molar-refractivity contribution in [3.05, 3.63) is 50.0 Å². The average Bonchev–Trinajstić information content (AvgIpc) is 2.36. The van der Waals surface area contributed by atoms with Crippen molar-refractivity contribution in [1.82, 2.24) is 0 Å². The second kappa shape index (κ2) is 5.97. The smallest absolute Gasteiger partial charge is 0.262 e. The molecule has 0 saturated carbocycles. The maximum atomic E-state index is 12.3. The van der Waals surface area contributed by atoms with Gasteiger partial charge in [0.2, 0.25) is 0 Å². The van der Waals surface area contributed by atoms with Gasteiger partial charge < -0.3 is 5.73 Å². The van der Waals surface area contributed by atoms with E-state index in [1.54, 1.807) is 18.2 Å². The molecule has 106 valence electrons. The lowest BCUT2D eigenvalue weighted by atomic mass is 10.3. The lowest BCUT2D eigenvalue weighted by Gasteiger charge is -2.11. The molecule has 0 aliphatic carbocycles. The molecule has 20 heavy (non-hydrogen) atoms. The predicted molar refractivity (Wildman–Crippen MR) is 90.8 cm³/mol. The van der Waals surface area contributed by atoms with Crippen molar-refractivity contribution in [2.24, 2.45) is 0 Å². The van der Waals surface area contributed by atoms with Crippen LogP contribution in [0.15, 0.2) is 41.3 Å². The summed E-state index contributed by atoms with van der Waals surface area (Å²) in [5.74, 6) is 0. The molecule has 3 N–H and O–H groups in total. The minimum absolute atomic E-state index is 0.0464. The van der Waals surface area contributed by atoms with E-state index in [2.05, 4.69) is 4.72 Å². The number of benzene rings is 2. The van der Waals surface area contributed by atoms with Gasteiger partial charge in [0.05, 0.1) is 21.3 Å². The van der Waals surface area contributed by atoms with Crippen molar-refractivity contribution in [3.8, 4) is 0 Å². The molecule has 2 aromatic carbocycles. The van der Waals surface area contributed by atoms with Crippen molar-refractivity contribution in [1.29, 1.82) is 0 Å². The van der Waals surface area contributed by atoms with E-state index in [1.807, 2.05) is 22.6 Å². The SMILES string of the molecule is Nc1cc(S(=O)(=O)Nc2ccc(Cl)cc2I)ccc1Cl. The van der Waals surface area contributed by atoms with Crippen LogP contribution in [-0.4, -0.2) is 8.42 Å². The van der Waals surface area contributed by atoms with Gasteiger partial charge in [0.15, 0.2) is 0 Å². The highest BCUT2D eigenvalue weighted by Gasteiger charge is 2.16. The molecule has 0 saturated heterocycles. The van der Waals surface area contributed by atoms with E-state index in [0.29, 0.717) is 19.3 Å². The number of nitrogens with one attached hydrogen (secondary N) is 1. The molecule has 2 aromatic rings. The van der Waals surface area contributed by atoms with Gasteiger partial charge in [-0.15, -0.1) is 0 Å². The summed E-state index contributed by atoms with van der Waals surface area (Å²) < 4.78 is 27.7. The fourth-order valence-electron chi connectivity index (χ4n) is 1.46. The molecule has 0 radical (unpaired) electrons. The summed E-state index contributed by atoms with van der Waals surface area (Å²) in [7, 11) is -3.72. The lowest BCUT2D eigenvalue weighted by Crippen LogP contribution is -2.14. The third-order valence-electron chi connectivity index (χ3n) is 2.45. The quantitative estimate of drug-likeness (QED) is 0.557. The van der Waals surface area contributed by atoms with Gasteiger partial charge in [0.25, 0.3) is 10.0 Å². The Bertz CT molecular complexity index is 766. The van der Waals surface area contributed by atoms with Crippen molar-refractivity contribution < 1.29 is 8.42 Å². The fraction of sp³-hybridized carbons (Fsp3) is 0. The van der Waals surface area contributed by atoms with Gasteiger partial charge >= 0.3 is 0 Å². The van der Waals surface area contributed by atoms with Gasteiger partial charge in [-0.25, -0.2) is 8.42 Å². The summed E-state index contributed by atoms with van der Waals surface area (Å²) in [5, 5.41) is 0.845. The molecule has 0 unspecified atom stereocenters. The highest BCUT2D eigenvalue weighted by molar-refractivity contribution is 14.1. The van der Waals surface area contributed by atoms with Crippen LogP contribution in [0.4, 0.5) is 11.4 Å². The number of hydrogen-bond donors (Lipinski definition) is 2. The number of nitrogens with two attached hydrogens (primary N) is 1. The topological polar surface area (TPSA) is 72.2 Å².